The van der Waals surface area contributed by atoms with Crippen molar-refractivity contribution in [2.45, 2.75) is 0 Å². The van der Waals surface area contributed by atoms with Crippen molar-refractivity contribution in [3.63, 3.8) is 0 Å². The van der Waals surface area contributed by atoms with E-state index in [1.54, 1.807) is 6.20 Å². The summed E-state index contributed by atoms with van der Waals surface area (Å²) in [6.45, 7) is 3.34. The predicted molar refractivity (Wildman–Crippen MR) is 36.4 cm³/mol. The van der Waals surface area contributed by atoms with Crippen LogP contribution in [0.15, 0.2) is 31.5 Å². The molecule has 1 rings (SSSR count). The summed E-state index contributed by atoms with van der Waals surface area (Å²) in [5.74, 6) is 0. The Morgan fingerprint density at radius 2 is 2.60 bits per heavy atom. The third-order valence-corrected chi connectivity index (χ3v) is 0.964. The van der Waals surface area contributed by atoms with E-state index in [-0.39, 0.29) is 6.03 Å². The summed E-state index contributed by atoms with van der Waals surface area (Å²) in [7, 11) is 0. The van der Waals surface area contributed by atoms with Gasteiger partial charge in [0.15, 0.2) is 0 Å². The first kappa shape index (κ1) is 6.54. The zero-order chi connectivity index (χ0) is 7.40. The van der Waals surface area contributed by atoms with Crippen LogP contribution in [0, 0.1) is 0 Å². The fourth-order valence-corrected chi connectivity index (χ4v) is 0.541. The van der Waals surface area contributed by atoms with Gasteiger partial charge >= 0.3 is 6.03 Å². The Balaban J connectivity index is 2.68. The highest BCUT2D eigenvalue weighted by molar-refractivity contribution is 5.77. The second-order valence-corrected chi connectivity index (χ2v) is 1.62. The molecule has 0 atom stereocenters. The highest BCUT2D eigenvalue weighted by Gasteiger charge is 1.96. The van der Waals surface area contributed by atoms with E-state index in [1.807, 2.05) is 0 Å². The summed E-state index contributed by atoms with van der Waals surface area (Å²) < 4.78 is 1.32. The topological polar surface area (TPSA) is 46.9 Å². The Morgan fingerprint density at radius 1 is 1.80 bits per heavy atom. The molecule has 0 saturated heterocycles. The lowest BCUT2D eigenvalue weighted by molar-refractivity contribution is 0.245. The van der Waals surface area contributed by atoms with Crippen LogP contribution >= 0.6 is 0 Å². The molecule has 1 aromatic rings. The molecule has 0 unspecified atom stereocenters. The number of carbonyl (C=O) groups excluding carboxylic acids is 1. The highest BCUT2D eigenvalue weighted by Crippen LogP contribution is 1.83. The van der Waals surface area contributed by atoms with Crippen LogP contribution in [0.4, 0.5) is 4.79 Å². The van der Waals surface area contributed by atoms with E-state index >= 15 is 0 Å². The minimum atomic E-state index is -0.257. The fourth-order valence-electron chi connectivity index (χ4n) is 0.541. The lowest BCUT2D eigenvalue weighted by Gasteiger charge is -1.96. The molecule has 0 aliphatic rings. The molecule has 0 saturated carbocycles. The number of carbonyl (C=O) groups is 1. The molecular weight excluding hydrogens is 130 g/mol. The minimum absolute atomic E-state index is 0.257. The van der Waals surface area contributed by atoms with Gasteiger partial charge in [-0.3, -0.25) is 4.57 Å². The number of hydrogen-bond donors (Lipinski definition) is 1. The fraction of sp³-hybridized carbons (Fsp3) is 0. The Morgan fingerprint density at radius 3 is 3.10 bits per heavy atom. The van der Waals surface area contributed by atoms with Gasteiger partial charge in [-0.1, -0.05) is 6.58 Å². The summed E-state index contributed by atoms with van der Waals surface area (Å²) in [6, 6.07) is -0.257. The maximum Gasteiger partial charge on any atom is 0.330 e. The molecule has 0 fully saturated rings. The molecule has 0 aromatic carbocycles. The van der Waals surface area contributed by atoms with E-state index in [0.29, 0.717) is 0 Å². The third-order valence-electron chi connectivity index (χ3n) is 0.964. The van der Waals surface area contributed by atoms with Crippen molar-refractivity contribution >= 4 is 6.03 Å². The van der Waals surface area contributed by atoms with Gasteiger partial charge < -0.3 is 5.32 Å². The van der Waals surface area contributed by atoms with Gasteiger partial charge in [0.25, 0.3) is 0 Å². The second kappa shape index (κ2) is 2.82. The Bertz CT molecular complexity index is 227. The van der Waals surface area contributed by atoms with Crippen molar-refractivity contribution in [1.82, 2.24) is 14.9 Å². The van der Waals surface area contributed by atoms with Gasteiger partial charge in [0.2, 0.25) is 0 Å². The summed E-state index contributed by atoms with van der Waals surface area (Å²) in [5, 5.41) is 2.40. The Labute approximate surface area is 58.2 Å². The number of rotatable bonds is 1. The monoisotopic (exact) mass is 137 g/mol. The van der Waals surface area contributed by atoms with Crippen LogP contribution in [-0.2, 0) is 0 Å². The maximum atomic E-state index is 10.8. The van der Waals surface area contributed by atoms with Crippen molar-refractivity contribution in [2.24, 2.45) is 0 Å². The van der Waals surface area contributed by atoms with E-state index < -0.39 is 0 Å². The number of amides is 1. The van der Waals surface area contributed by atoms with Crippen LogP contribution in [0.2, 0.25) is 0 Å². The van der Waals surface area contributed by atoms with Crippen LogP contribution in [0.25, 0.3) is 0 Å². The van der Waals surface area contributed by atoms with E-state index in [2.05, 4.69) is 16.9 Å². The van der Waals surface area contributed by atoms with Crippen molar-refractivity contribution in [3.8, 4) is 0 Å². The molecule has 52 valence electrons. The second-order valence-electron chi connectivity index (χ2n) is 1.62. The molecule has 1 amide bonds. The predicted octanol–water partition coefficient (Wildman–Crippen LogP) is 0.584. The molecule has 1 N–H and O–H groups in total. The number of imidazole rings is 1. The van der Waals surface area contributed by atoms with Crippen LogP contribution in [0.3, 0.4) is 0 Å². The summed E-state index contributed by atoms with van der Waals surface area (Å²) in [6.07, 6.45) is 5.82. The average molecular weight is 137 g/mol. The van der Waals surface area contributed by atoms with E-state index in [0.717, 1.165) is 0 Å². The van der Waals surface area contributed by atoms with Crippen molar-refractivity contribution in [3.05, 3.63) is 31.5 Å². The van der Waals surface area contributed by atoms with Crippen LogP contribution in [-0.4, -0.2) is 15.6 Å². The van der Waals surface area contributed by atoms with Crippen LogP contribution in [0.5, 0.6) is 0 Å². The SMILES string of the molecule is C=CNC(=O)n1ccnc1. The zero-order valence-corrected chi connectivity index (χ0v) is 5.32. The third kappa shape index (κ3) is 1.22. The first-order valence-corrected chi connectivity index (χ1v) is 2.74. The first-order chi connectivity index (χ1) is 4.84. The van der Waals surface area contributed by atoms with Gasteiger partial charge in [-0.15, -0.1) is 0 Å². The molecule has 1 heterocycles. The summed E-state index contributed by atoms with van der Waals surface area (Å²) >= 11 is 0. The molecule has 4 nitrogen and oxygen atoms in total. The van der Waals surface area contributed by atoms with Crippen LogP contribution in [0.1, 0.15) is 0 Å². The molecule has 0 aliphatic carbocycles. The van der Waals surface area contributed by atoms with E-state index in [4.69, 9.17) is 0 Å². The highest BCUT2D eigenvalue weighted by atomic mass is 16.2. The number of nitrogens with one attached hydrogen (secondary N) is 1. The molecule has 0 spiro atoms. The van der Waals surface area contributed by atoms with Gasteiger partial charge in [-0.2, -0.15) is 0 Å². The van der Waals surface area contributed by atoms with Gasteiger partial charge in [0, 0.05) is 12.4 Å². The molecule has 4 heteroatoms. The lowest BCUT2D eigenvalue weighted by Crippen LogP contribution is -2.21. The Kier molecular flexibility index (Phi) is 1.84. The largest absolute Gasteiger partial charge is 0.330 e. The maximum absolute atomic E-state index is 10.8. The van der Waals surface area contributed by atoms with E-state index in [1.165, 1.54) is 23.3 Å². The minimum Gasteiger partial charge on any atom is -0.314 e. The standard InChI is InChI=1S/C6H7N3O/c1-2-8-6(10)9-4-3-7-5-9/h2-5H,1H2,(H,8,10). The Hall–Kier alpha value is -1.58. The normalized spacial score (nSPS) is 8.80. The average Bonchev–Trinajstić information content (AvgIpc) is 2.38. The summed E-state index contributed by atoms with van der Waals surface area (Å²) in [5.41, 5.74) is 0. The zero-order valence-electron chi connectivity index (χ0n) is 5.32. The number of aromatic nitrogens is 2. The van der Waals surface area contributed by atoms with Crippen molar-refractivity contribution < 1.29 is 4.79 Å². The number of nitrogens with zero attached hydrogens (tertiary/aromatic N) is 2. The van der Waals surface area contributed by atoms with Gasteiger partial charge in [-0.25, -0.2) is 9.78 Å². The molecule has 1 aromatic heterocycles. The summed E-state index contributed by atoms with van der Waals surface area (Å²) in [4.78, 5) is 14.5. The smallest absolute Gasteiger partial charge is 0.314 e. The lowest BCUT2D eigenvalue weighted by atomic mass is 10.8. The molecule has 0 aliphatic heterocycles. The van der Waals surface area contributed by atoms with Gasteiger partial charge in [0.05, 0.1) is 0 Å². The molecule has 10 heavy (non-hydrogen) atoms. The van der Waals surface area contributed by atoms with Crippen molar-refractivity contribution in [2.75, 3.05) is 0 Å². The van der Waals surface area contributed by atoms with Gasteiger partial charge in [0.1, 0.15) is 6.33 Å². The number of hydrogen-bond acceptors (Lipinski definition) is 2. The van der Waals surface area contributed by atoms with Crippen LogP contribution < -0.4 is 5.32 Å². The molecule has 0 bridgehead atoms. The van der Waals surface area contributed by atoms with Gasteiger partial charge in [-0.05, 0) is 6.20 Å². The van der Waals surface area contributed by atoms with E-state index in [9.17, 15) is 4.79 Å². The quantitative estimate of drug-likeness (QED) is 0.615. The molecular formula is C6H7N3O. The van der Waals surface area contributed by atoms with Crippen molar-refractivity contribution in [1.29, 1.82) is 0 Å². The molecule has 0 radical (unpaired) electrons. The first-order valence-electron chi connectivity index (χ1n) is 2.74.